The molecule has 14 heavy (non-hydrogen) atoms. The number of carbonyl (C=O) groups excluding carboxylic acids is 1. The SMILES string of the molecule is Cn1ccc(CC2CCCC(=O)C2)n1. The zero-order chi connectivity index (χ0) is 9.97. The summed E-state index contributed by atoms with van der Waals surface area (Å²) >= 11 is 0. The molecule has 1 aromatic rings. The minimum absolute atomic E-state index is 0.428. The molecule has 0 aliphatic heterocycles. The van der Waals surface area contributed by atoms with E-state index in [9.17, 15) is 4.79 Å². The highest BCUT2D eigenvalue weighted by molar-refractivity contribution is 5.79. The van der Waals surface area contributed by atoms with Crippen LogP contribution in [0, 0.1) is 5.92 Å². The summed E-state index contributed by atoms with van der Waals surface area (Å²) < 4.78 is 1.82. The molecule has 1 atom stereocenters. The molecule has 2 rings (SSSR count). The van der Waals surface area contributed by atoms with E-state index in [1.807, 2.05) is 24.0 Å². The Hall–Kier alpha value is -1.12. The Morgan fingerprint density at radius 1 is 1.64 bits per heavy atom. The van der Waals surface area contributed by atoms with Gasteiger partial charge in [0, 0.05) is 26.1 Å². The van der Waals surface area contributed by atoms with Gasteiger partial charge in [-0.25, -0.2) is 0 Å². The lowest BCUT2D eigenvalue weighted by atomic mass is 9.85. The van der Waals surface area contributed by atoms with E-state index < -0.39 is 0 Å². The summed E-state index contributed by atoms with van der Waals surface area (Å²) in [5.74, 6) is 0.961. The normalized spacial score (nSPS) is 22.6. The smallest absolute Gasteiger partial charge is 0.133 e. The monoisotopic (exact) mass is 192 g/mol. The largest absolute Gasteiger partial charge is 0.300 e. The van der Waals surface area contributed by atoms with Gasteiger partial charge in [-0.15, -0.1) is 0 Å². The Bertz CT molecular complexity index is 330. The summed E-state index contributed by atoms with van der Waals surface area (Å²) in [7, 11) is 1.93. The topological polar surface area (TPSA) is 34.9 Å². The fourth-order valence-corrected chi connectivity index (χ4v) is 2.16. The molecule has 3 nitrogen and oxygen atoms in total. The minimum Gasteiger partial charge on any atom is -0.300 e. The van der Waals surface area contributed by atoms with E-state index in [4.69, 9.17) is 0 Å². The maximum atomic E-state index is 11.2. The van der Waals surface area contributed by atoms with Crippen LogP contribution < -0.4 is 0 Å². The minimum atomic E-state index is 0.428. The Morgan fingerprint density at radius 2 is 2.50 bits per heavy atom. The first-order valence-corrected chi connectivity index (χ1v) is 5.24. The second-order valence-corrected chi connectivity index (χ2v) is 4.19. The zero-order valence-electron chi connectivity index (χ0n) is 8.57. The van der Waals surface area contributed by atoms with Crippen molar-refractivity contribution in [2.24, 2.45) is 13.0 Å². The lowest BCUT2D eigenvalue weighted by Crippen LogP contribution is -2.17. The molecule has 0 saturated heterocycles. The predicted octanol–water partition coefficient (Wildman–Crippen LogP) is 1.72. The summed E-state index contributed by atoms with van der Waals surface area (Å²) in [6.07, 6.45) is 6.72. The standard InChI is InChI=1S/C11H16N2O/c1-13-6-5-10(12-13)7-9-3-2-4-11(14)8-9/h5-6,9H,2-4,7-8H2,1H3. The van der Waals surface area contributed by atoms with Crippen LogP contribution in [0.5, 0.6) is 0 Å². The third-order valence-electron chi connectivity index (χ3n) is 2.85. The molecule has 1 fully saturated rings. The molecule has 0 N–H and O–H groups in total. The molecule has 76 valence electrons. The number of nitrogens with zero attached hydrogens (tertiary/aromatic N) is 2. The van der Waals surface area contributed by atoms with Gasteiger partial charge in [0.2, 0.25) is 0 Å². The summed E-state index contributed by atoms with van der Waals surface area (Å²) in [6, 6.07) is 2.04. The highest BCUT2D eigenvalue weighted by Gasteiger charge is 2.20. The van der Waals surface area contributed by atoms with Gasteiger partial charge in [0.15, 0.2) is 0 Å². The maximum Gasteiger partial charge on any atom is 0.133 e. The third-order valence-corrected chi connectivity index (χ3v) is 2.85. The van der Waals surface area contributed by atoms with Gasteiger partial charge >= 0.3 is 0 Å². The van der Waals surface area contributed by atoms with Crippen molar-refractivity contribution < 1.29 is 4.79 Å². The highest BCUT2D eigenvalue weighted by atomic mass is 16.1. The Balaban J connectivity index is 1.93. The molecule has 0 amide bonds. The van der Waals surface area contributed by atoms with Crippen LogP contribution in [0.25, 0.3) is 0 Å². The Labute approximate surface area is 84.1 Å². The first-order valence-electron chi connectivity index (χ1n) is 5.24. The number of Topliss-reactive ketones (excluding diaryl/α,β-unsaturated/α-hetero) is 1. The van der Waals surface area contributed by atoms with Crippen molar-refractivity contribution in [2.75, 3.05) is 0 Å². The van der Waals surface area contributed by atoms with E-state index in [1.165, 1.54) is 6.42 Å². The van der Waals surface area contributed by atoms with Crippen molar-refractivity contribution in [3.63, 3.8) is 0 Å². The van der Waals surface area contributed by atoms with Gasteiger partial charge in [0.25, 0.3) is 0 Å². The van der Waals surface area contributed by atoms with E-state index in [1.54, 1.807) is 0 Å². The number of aryl methyl sites for hydroxylation is 1. The van der Waals surface area contributed by atoms with Crippen LogP contribution >= 0.6 is 0 Å². The lowest BCUT2D eigenvalue weighted by Gasteiger charge is -2.19. The van der Waals surface area contributed by atoms with Crippen LogP contribution in [0.2, 0.25) is 0 Å². The average Bonchev–Trinajstić information content (AvgIpc) is 2.51. The molecule has 1 aromatic heterocycles. The van der Waals surface area contributed by atoms with Crippen molar-refractivity contribution in [2.45, 2.75) is 32.1 Å². The van der Waals surface area contributed by atoms with Gasteiger partial charge in [-0.2, -0.15) is 5.10 Å². The number of rotatable bonds is 2. The molecular formula is C11H16N2O. The zero-order valence-corrected chi connectivity index (χ0v) is 8.57. The Morgan fingerprint density at radius 3 is 3.14 bits per heavy atom. The second-order valence-electron chi connectivity index (χ2n) is 4.19. The fourth-order valence-electron chi connectivity index (χ4n) is 2.16. The van der Waals surface area contributed by atoms with Gasteiger partial charge in [-0.05, 0) is 31.2 Å². The summed E-state index contributed by atoms with van der Waals surface area (Å²) in [4.78, 5) is 11.2. The molecule has 1 saturated carbocycles. The predicted molar refractivity (Wildman–Crippen MR) is 53.9 cm³/mol. The number of aromatic nitrogens is 2. The molecule has 0 bridgehead atoms. The molecule has 0 spiro atoms. The molecule has 1 unspecified atom stereocenters. The van der Waals surface area contributed by atoms with E-state index in [0.717, 1.165) is 31.4 Å². The second kappa shape index (κ2) is 3.95. The molecule has 1 aliphatic rings. The molecular weight excluding hydrogens is 176 g/mol. The van der Waals surface area contributed by atoms with Crippen LogP contribution in [-0.4, -0.2) is 15.6 Å². The number of ketones is 1. The van der Waals surface area contributed by atoms with Crippen molar-refractivity contribution in [1.29, 1.82) is 0 Å². The van der Waals surface area contributed by atoms with E-state index >= 15 is 0 Å². The molecule has 0 aromatic carbocycles. The lowest BCUT2D eigenvalue weighted by molar-refractivity contribution is -0.121. The van der Waals surface area contributed by atoms with Crippen LogP contribution in [0.4, 0.5) is 0 Å². The first kappa shape index (κ1) is 9.44. The van der Waals surface area contributed by atoms with Crippen LogP contribution in [0.3, 0.4) is 0 Å². The number of carbonyl (C=O) groups is 1. The summed E-state index contributed by atoms with van der Waals surface area (Å²) in [5.41, 5.74) is 1.12. The maximum absolute atomic E-state index is 11.2. The van der Waals surface area contributed by atoms with Gasteiger partial charge < -0.3 is 0 Å². The van der Waals surface area contributed by atoms with Gasteiger partial charge in [0.1, 0.15) is 5.78 Å². The average molecular weight is 192 g/mol. The van der Waals surface area contributed by atoms with E-state index in [2.05, 4.69) is 5.10 Å². The van der Waals surface area contributed by atoms with Crippen molar-refractivity contribution in [3.8, 4) is 0 Å². The van der Waals surface area contributed by atoms with Crippen LogP contribution in [-0.2, 0) is 18.3 Å². The molecule has 1 aliphatic carbocycles. The van der Waals surface area contributed by atoms with E-state index in [-0.39, 0.29) is 0 Å². The van der Waals surface area contributed by atoms with Gasteiger partial charge in [-0.1, -0.05) is 0 Å². The fraction of sp³-hybridized carbons (Fsp3) is 0.636. The molecule has 1 heterocycles. The third kappa shape index (κ3) is 2.22. The quantitative estimate of drug-likeness (QED) is 0.715. The first-order chi connectivity index (χ1) is 6.74. The summed E-state index contributed by atoms with van der Waals surface area (Å²) in [5, 5.41) is 4.34. The van der Waals surface area contributed by atoms with E-state index in [0.29, 0.717) is 11.7 Å². The Kier molecular flexibility index (Phi) is 2.66. The van der Waals surface area contributed by atoms with Crippen molar-refractivity contribution >= 4 is 5.78 Å². The van der Waals surface area contributed by atoms with Gasteiger partial charge in [0.05, 0.1) is 5.69 Å². The molecule has 0 radical (unpaired) electrons. The van der Waals surface area contributed by atoms with Crippen molar-refractivity contribution in [1.82, 2.24) is 9.78 Å². The molecule has 3 heteroatoms. The number of hydrogen-bond acceptors (Lipinski definition) is 2. The van der Waals surface area contributed by atoms with Gasteiger partial charge in [-0.3, -0.25) is 9.48 Å². The van der Waals surface area contributed by atoms with Crippen LogP contribution in [0.1, 0.15) is 31.4 Å². The number of hydrogen-bond donors (Lipinski definition) is 0. The van der Waals surface area contributed by atoms with Crippen LogP contribution in [0.15, 0.2) is 12.3 Å². The van der Waals surface area contributed by atoms with Crippen molar-refractivity contribution in [3.05, 3.63) is 18.0 Å². The highest BCUT2D eigenvalue weighted by Crippen LogP contribution is 2.24. The summed E-state index contributed by atoms with van der Waals surface area (Å²) in [6.45, 7) is 0.